The molecule has 1 fully saturated rings. The number of aromatic nitrogens is 2. The molecule has 3 rings (SSSR count). The number of aromatic amines is 1. The summed E-state index contributed by atoms with van der Waals surface area (Å²) >= 11 is 0. The first kappa shape index (κ1) is 22.0. The van der Waals surface area contributed by atoms with Gasteiger partial charge >= 0.3 is 0 Å². The summed E-state index contributed by atoms with van der Waals surface area (Å²) in [5, 5.41) is 13.8. The van der Waals surface area contributed by atoms with E-state index in [0.29, 0.717) is 6.54 Å². The number of hydrogen-bond donors (Lipinski definition) is 3. The van der Waals surface area contributed by atoms with Gasteiger partial charge in [-0.25, -0.2) is 4.99 Å². The number of rotatable bonds is 10. The number of aliphatic imine (C=N–C) groups is 1. The lowest BCUT2D eigenvalue weighted by molar-refractivity contribution is 0.198. The molecule has 1 saturated carbocycles. The van der Waals surface area contributed by atoms with Gasteiger partial charge < -0.3 is 20.1 Å². The Hall–Kier alpha value is -2.70. The van der Waals surface area contributed by atoms with Crippen LogP contribution in [0.5, 0.6) is 11.5 Å². The highest BCUT2D eigenvalue weighted by molar-refractivity contribution is 5.79. The van der Waals surface area contributed by atoms with Gasteiger partial charge in [-0.05, 0) is 64.0 Å². The average molecular weight is 414 g/mol. The van der Waals surface area contributed by atoms with Gasteiger partial charge in [0.05, 0.1) is 26.0 Å². The number of hydrogen-bond acceptors (Lipinski definition) is 4. The predicted molar refractivity (Wildman–Crippen MR) is 120 cm³/mol. The molecular formula is C23H35N5O2. The molecule has 0 bridgehead atoms. The largest absolute Gasteiger partial charge is 0.493 e. The molecular weight excluding hydrogens is 378 g/mol. The minimum Gasteiger partial charge on any atom is -0.493 e. The van der Waals surface area contributed by atoms with Crippen molar-refractivity contribution >= 4 is 5.96 Å². The first-order valence-corrected chi connectivity index (χ1v) is 11.0. The van der Waals surface area contributed by atoms with Crippen molar-refractivity contribution in [1.29, 1.82) is 0 Å². The summed E-state index contributed by atoms with van der Waals surface area (Å²) in [4.78, 5) is 4.79. The smallest absolute Gasteiger partial charge is 0.191 e. The number of benzene rings is 1. The monoisotopic (exact) mass is 413 g/mol. The zero-order valence-corrected chi connectivity index (χ0v) is 18.5. The first-order chi connectivity index (χ1) is 14.7. The van der Waals surface area contributed by atoms with Gasteiger partial charge in [0, 0.05) is 24.3 Å². The summed E-state index contributed by atoms with van der Waals surface area (Å²) in [7, 11) is 1.69. The van der Waals surface area contributed by atoms with Gasteiger partial charge in [0.2, 0.25) is 0 Å². The number of aryl methyl sites for hydroxylation is 2. The van der Waals surface area contributed by atoms with Gasteiger partial charge in [0.15, 0.2) is 17.5 Å². The van der Waals surface area contributed by atoms with E-state index < -0.39 is 0 Å². The predicted octanol–water partition coefficient (Wildman–Crippen LogP) is 3.74. The maximum absolute atomic E-state index is 6.33. The maximum Gasteiger partial charge on any atom is 0.191 e. The van der Waals surface area contributed by atoms with Crippen LogP contribution in [-0.4, -0.2) is 42.5 Å². The normalized spacial score (nSPS) is 14.7. The number of para-hydroxylation sites is 1. The number of H-pyrrole nitrogens is 1. The zero-order chi connectivity index (χ0) is 21.2. The second kappa shape index (κ2) is 11.5. The summed E-state index contributed by atoms with van der Waals surface area (Å²) in [5.41, 5.74) is 3.46. The Bertz CT molecular complexity index is 812. The molecule has 0 spiro atoms. The number of nitrogens with zero attached hydrogens (tertiary/aromatic N) is 2. The van der Waals surface area contributed by atoms with E-state index in [9.17, 15) is 0 Å². The molecule has 0 atom stereocenters. The highest BCUT2D eigenvalue weighted by Crippen LogP contribution is 2.35. The molecule has 1 aromatic carbocycles. The van der Waals surface area contributed by atoms with Crippen molar-refractivity contribution in [3.63, 3.8) is 0 Å². The molecule has 30 heavy (non-hydrogen) atoms. The highest BCUT2D eigenvalue weighted by Gasteiger charge is 2.20. The lowest BCUT2D eigenvalue weighted by Crippen LogP contribution is -2.37. The standard InChI is InChI=1S/C23H35N5O2/c1-4-24-23(25-14-8-10-18-16-27-28-17(18)2)26-15-19-9-7-13-21(29-3)22(19)30-20-11-5-6-12-20/h7,9,13,16,20H,4-6,8,10-12,14-15H2,1-3H3,(H,27,28)(H2,24,25,26). The average Bonchev–Trinajstić information content (AvgIpc) is 3.41. The molecule has 0 aliphatic heterocycles. The van der Waals surface area contributed by atoms with Crippen LogP contribution < -0.4 is 20.1 Å². The first-order valence-electron chi connectivity index (χ1n) is 11.0. The summed E-state index contributed by atoms with van der Waals surface area (Å²) < 4.78 is 11.9. The minimum atomic E-state index is 0.279. The van der Waals surface area contributed by atoms with Gasteiger partial charge in [-0.2, -0.15) is 5.10 Å². The van der Waals surface area contributed by atoms with Crippen LogP contribution in [0.2, 0.25) is 0 Å². The molecule has 0 unspecified atom stereocenters. The van der Waals surface area contributed by atoms with Crippen LogP contribution in [0.3, 0.4) is 0 Å². The lowest BCUT2D eigenvalue weighted by Gasteiger charge is -2.19. The maximum atomic E-state index is 6.33. The fraction of sp³-hybridized carbons (Fsp3) is 0.565. The Labute approximate surface area is 179 Å². The number of methoxy groups -OCH3 is 1. The topological polar surface area (TPSA) is 83.6 Å². The fourth-order valence-corrected chi connectivity index (χ4v) is 3.77. The van der Waals surface area contributed by atoms with E-state index in [4.69, 9.17) is 14.5 Å². The number of nitrogens with one attached hydrogen (secondary N) is 3. The Morgan fingerprint density at radius 2 is 2.07 bits per heavy atom. The van der Waals surface area contributed by atoms with E-state index in [1.807, 2.05) is 18.3 Å². The van der Waals surface area contributed by atoms with E-state index in [2.05, 4.69) is 40.7 Å². The third-order valence-corrected chi connectivity index (χ3v) is 5.47. The molecule has 3 N–H and O–H groups in total. The van der Waals surface area contributed by atoms with Crippen LogP contribution in [0.25, 0.3) is 0 Å². The highest BCUT2D eigenvalue weighted by atomic mass is 16.5. The van der Waals surface area contributed by atoms with Crippen molar-refractivity contribution < 1.29 is 9.47 Å². The van der Waals surface area contributed by atoms with Gasteiger partial charge in [-0.15, -0.1) is 0 Å². The van der Waals surface area contributed by atoms with Crippen molar-refractivity contribution in [2.24, 2.45) is 4.99 Å². The summed E-state index contributed by atoms with van der Waals surface area (Å²) in [6.07, 6.45) is 8.89. The number of guanidine groups is 1. The van der Waals surface area contributed by atoms with E-state index in [1.54, 1.807) is 7.11 Å². The van der Waals surface area contributed by atoms with Crippen LogP contribution in [0.4, 0.5) is 0 Å². The van der Waals surface area contributed by atoms with Crippen LogP contribution in [-0.2, 0) is 13.0 Å². The third-order valence-electron chi connectivity index (χ3n) is 5.47. The molecule has 7 heteroatoms. The molecule has 2 aromatic rings. The molecule has 1 aliphatic carbocycles. The lowest BCUT2D eigenvalue weighted by atomic mass is 10.1. The van der Waals surface area contributed by atoms with Crippen molar-refractivity contribution in [3.8, 4) is 11.5 Å². The van der Waals surface area contributed by atoms with Crippen molar-refractivity contribution in [2.75, 3.05) is 20.2 Å². The Morgan fingerprint density at radius 1 is 1.23 bits per heavy atom. The van der Waals surface area contributed by atoms with Gasteiger partial charge in [-0.1, -0.05) is 12.1 Å². The molecule has 0 saturated heterocycles. The van der Waals surface area contributed by atoms with Crippen molar-refractivity contribution in [3.05, 3.63) is 41.2 Å². The van der Waals surface area contributed by atoms with Gasteiger partial charge in [0.25, 0.3) is 0 Å². The number of ether oxygens (including phenoxy) is 2. The van der Waals surface area contributed by atoms with Crippen molar-refractivity contribution in [2.45, 2.75) is 65.0 Å². The zero-order valence-electron chi connectivity index (χ0n) is 18.5. The molecule has 1 heterocycles. The quantitative estimate of drug-likeness (QED) is 0.314. The molecule has 7 nitrogen and oxygen atoms in total. The minimum absolute atomic E-state index is 0.279. The van der Waals surface area contributed by atoms with Crippen molar-refractivity contribution in [1.82, 2.24) is 20.8 Å². The second-order valence-electron chi connectivity index (χ2n) is 7.72. The van der Waals surface area contributed by atoms with E-state index >= 15 is 0 Å². The summed E-state index contributed by atoms with van der Waals surface area (Å²) in [5.74, 6) is 2.43. The Morgan fingerprint density at radius 3 is 2.77 bits per heavy atom. The van der Waals surface area contributed by atoms with E-state index in [0.717, 1.165) is 67.5 Å². The van der Waals surface area contributed by atoms with E-state index in [-0.39, 0.29) is 6.10 Å². The second-order valence-corrected chi connectivity index (χ2v) is 7.72. The third kappa shape index (κ3) is 6.15. The van der Waals surface area contributed by atoms with Crippen LogP contribution in [0.1, 0.15) is 55.8 Å². The molecule has 1 aromatic heterocycles. The van der Waals surface area contributed by atoms with Crippen LogP contribution in [0, 0.1) is 6.92 Å². The summed E-state index contributed by atoms with van der Waals surface area (Å²) in [6.45, 7) is 6.33. The van der Waals surface area contributed by atoms with Gasteiger partial charge in [0.1, 0.15) is 0 Å². The molecule has 1 aliphatic rings. The SMILES string of the molecule is CCNC(=NCc1cccc(OC)c1OC1CCCC1)NCCCc1cn[nH]c1C. The fourth-order valence-electron chi connectivity index (χ4n) is 3.77. The summed E-state index contributed by atoms with van der Waals surface area (Å²) in [6, 6.07) is 6.03. The Kier molecular flexibility index (Phi) is 8.41. The Balaban J connectivity index is 1.61. The van der Waals surface area contributed by atoms with E-state index in [1.165, 1.54) is 18.4 Å². The molecule has 0 amide bonds. The van der Waals surface area contributed by atoms with Crippen LogP contribution in [0.15, 0.2) is 29.4 Å². The van der Waals surface area contributed by atoms with Crippen LogP contribution >= 0.6 is 0 Å². The molecule has 164 valence electrons. The molecule has 0 radical (unpaired) electrons. The van der Waals surface area contributed by atoms with Gasteiger partial charge in [-0.3, -0.25) is 5.10 Å².